The maximum absolute atomic E-state index is 12.3. The molecule has 4 heteroatoms. The van der Waals surface area contributed by atoms with Gasteiger partial charge in [0.1, 0.15) is 0 Å². The second-order valence-electron chi connectivity index (χ2n) is 6.99. The van der Waals surface area contributed by atoms with E-state index in [0.29, 0.717) is 5.57 Å². The third-order valence-corrected chi connectivity index (χ3v) is 5.06. The molecule has 1 atom stereocenters. The molecule has 3 aromatic rings. The predicted octanol–water partition coefficient (Wildman–Crippen LogP) is 4.74. The Hall–Kier alpha value is -3.40. The van der Waals surface area contributed by atoms with Gasteiger partial charge < -0.3 is 9.47 Å². The van der Waals surface area contributed by atoms with E-state index in [9.17, 15) is 9.59 Å². The number of benzene rings is 3. The van der Waals surface area contributed by atoms with Crippen molar-refractivity contribution in [1.29, 1.82) is 0 Å². The lowest BCUT2D eigenvalue weighted by atomic mass is 9.81. The Labute approximate surface area is 163 Å². The van der Waals surface area contributed by atoms with Crippen LogP contribution in [0.5, 0.6) is 0 Å². The largest absolute Gasteiger partial charge is 0.469 e. The Morgan fingerprint density at radius 2 is 1.75 bits per heavy atom. The normalized spacial score (nSPS) is 14.3. The van der Waals surface area contributed by atoms with E-state index in [1.807, 2.05) is 48.5 Å². The van der Waals surface area contributed by atoms with Crippen LogP contribution >= 0.6 is 0 Å². The molecule has 0 radical (unpaired) electrons. The summed E-state index contributed by atoms with van der Waals surface area (Å²) in [7, 11) is 1.38. The van der Waals surface area contributed by atoms with Crippen LogP contribution in [-0.2, 0) is 25.5 Å². The van der Waals surface area contributed by atoms with Crippen LogP contribution in [0.4, 0.5) is 0 Å². The highest BCUT2D eigenvalue weighted by Crippen LogP contribution is 2.46. The van der Waals surface area contributed by atoms with Gasteiger partial charge in [-0.25, -0.2) is 4.79 Å². The van der Waals surface area contributed by atoms with E-state index < -0.39 is 12.1 Å². The molecule has 28 heavy (non-hydrogen) atoms. The van der Waals surface area contributed by atoms with E-state index >= 15 is 0 Å². The van der Waals surface area contributed by atoms with Gasteiger partial charge in [-0.15, -0.1) is 0 Å². The summed E-state index contributed by atoms with van der Waals surface area (Å²) in [5.74, 6) is -0.717. The molecule has 0 spiro atoms. The van der Waals surface area contributed by atoms with Crippen molar-refractivity contribution < 1.29 is 19.1 Å². The van der Waals surface area contributed by atoms with E-state index in [4.69, 9.17) is 9.47 Å². The van der Waals surface area contributed by atoms with Crippen LogP contribution < -0.4 is 0 Å². The van der Waals surface area contributed by atoms with Crippen LogP contribution in [0, 0.1) is 0 Å². The van der Waals surface area contributed by atoms with Crippen LogP contribution in [0.15, 0.2) is 66.7 Å². The Bertz CT molecular complexity index is 1120. The maximum Gasteiger partial charge on any atom is 0.334 e. The molecule has 4 nitrogen and oxygen atoms in total. The van der Waals surface area contributed by atoms with Gasteiger partial charge in [-0.3, -0.25) is 4.79 Å². The zero-order chi connectivity index (χ0) is 19.8. The summed E-state index contributed by atoms with van der Waals surface area (Å²) in [6.07, 6.45) is -0.331. The van der Waals surface area contributed by atoms with Crippen LogP contribution in [-0.4, -0.2) is 19.0 Å². The molecule has 1 aliphatic rings. The first kappa shape index (κ1) is 18.0. The monoisotopic (exact) mass is 372 g/mol. The van der Waals surface area contributed by atoms with Gasteiger partial charge in [0, 0.05) is 16.7 Å². The van der Waals surface area contributed by atoms with Gasteiger partial charge in [-0.05, 0) is 34.4 Å². The topological polar surface area (TPSA) is 52.6 Å². The number of hydrogen-bond donors (Lipinski definition) is 0. The van der Waals surface area contributed by atoms with Crippen molar-refractivity contribution in [3.05, 3.63) is 83.4 Å². The smallest absolute Gasteiger partial charge is 0.334 e. The number of methoxy groups -OCH3 is 1. The molecule has 140 valence electrons. The fourth-order valence-corrected chi connectivity index (χ4v) is 3.73. The quantitative estimate of drug-likeness (QED) is 0.490. The second kappa shape index (κ2) is 6.97. The molecule has 0 aromatic heterocycles. The Kier molecular flexibility index (Phi) is 4.47. The van der Waals surface area contributed by atoms with E-state index in [0.717, 1.165) is 38.6 Å². The third-order valence-electron chi connectivity index (χ3n) is 5.06. The van der Waals surface area contributed by atoms with Gasteiger partial charge >= 0.3 is 11.9 Å². The summed E-state index contributed by atoms with van der Waals surface area (Å²) in [6.45, 7) is 5.34. The SMILES string of the molecule is C=C(C)C(=O)OC1c2ccc(CC(=O)OC)cc2-c2cccc3cccc1c23. The van der Waals surface area contributed by atoms with Crippen LogP contribution in [0.25, 0.3) is 21.9 Å². The molecule has 3 aromatic carbocycles. The van der Waals surface area contributed by atoms with Gasteiger partial charge in [-0.2, -0.15) is 0 Å². The number of carbonyl (C=O) groups excluding carboxylic acids is 2. The van der Waals surface area contributed by atoms with E-state index in [1.54, 1.807) is 6.92 Å². The summed E-state index contributed by atoms with van der Waals surface area (Å²) in [5, 5.41) is 2.14. The highest BCUT2D eigenvalue weighted by Gasteiger charge is 2.30. The molecule has 0 saturated carbocycles. The van der Waals surface area contributed by atoms with Gasteiger partial charge in [0.25, 0.3) is 0 Å². The van der Waals surface area contributed by atoms with Crippen molar-refractivity contribution in [1.82, 2.24) is 0 Å². The van der Waals surface area contributed by atoms with Crippen LogP contribution in [0.2, 0.25) is 0 Å². The average Bonchev–Trinajstić information content (AvgIpc) is 2.70. The number of hydrogen-bond acceptors (Lipinski definition) is 4. The number of esters is 2. The fraction of sp³-hybridized carbons (Fsp3) is 0.167. The van der Waals surface area contributed by atoms with Crippen molar-refractivity contribution in [3.8, 4) is 11.1 Å². The summed E-state index contributed by atoms with van der Waals surface area (Å²) in [6, 6.07) is 17.9. The van der Waals surface area contributed by atoms with Crippen LogP contribution in [0.1, 0.15) is 29.7 Å². The van der Waals surface area contributed by atoms with E-state index in [1.165, 1.54) is 7.11 Å². The molecule has 0 aliphatic heterocycles. The Balaban J connectivity index is 1.93. The molecule has 1 unspecified atom stereocenters. The molecule has 0 heterocycles. The molecular formula is C24H20O4. The van der Waals surface area contributed by atoms with Crippen molar-refractivity contribution >= 4 is 22.7 Å². The number of ether oxygens (including phenoxy) is 2. The molecular weight excluding hydrogens is 352 g/mol. The van der Waals surface area contributed by atoms with E-state index in [-0.39, 0.29) is 12.4 Å². The third kappa shape index (κ3) is 2.97. The zero-order valence-corrected chi connectivity index (χ0v) is 15.8. The Morgan fingerprint density at radius 3 is 2.46 bits per heavy atom. The van der Waals surface area contributed by atoms with E-state index in [2.05, 4.69) is 12.6 Å². The summed E-state index contributed by atoms with van der Waals surface area (Å²) >= 11 is 0. The van der Waals surface area contributed by atoms with Gasteiger partial charge in [-0.1, -0.05) is 61.2 Å². The van der Waals surface area contributed by atoms with Gasteiger partial charge in [0.15, 0.2) is 6.10 Å². The van der Waals surface area contributed by atoms with Crippen molar-refractivity contribution in [2.24, 2.45) is 0 Å². The molecule has 4 rings (SSSR count). The molecule has 0 fully saturated rings. The van der Waals surface area contributed by atoms with Gasteiger partial charge in [0.2, 0.25) is 0 Å². The average molecular weight is 372 g/mol. The first-order chi connectivity index (χ1) is 13.5. The highest BCUT2D eigenvalue weighted by atomic mass is 16.5. The predicted molar refractivity (Wildman–Crippen MR) is 108 cm³/mol. The number of rotatable bonds is 4. The minimum Gasteiger partial charge on any atom is -0.469 e. The van der Waals surface area contributed by atoms with Crippen molar-refractivity contribution in [2.45, 2.75) is 19.4 Å². The summed E-state index contributed by atoms with van der Waals surface area (Å²) in [5.41, 5.74) is 5.09. The standard InChI is InChI=1S/C24H20O4/c1-14(2)24(26)28-23-18-11-10-15(13-21(25)27-3)12-20(18)17-8-4-6-16-7-5-9-19(23)22(16)17/h4-12,23H,1,13H2,2-3H3. The number of fused-ring (bicyclic) bond motifs is 2. The number of carbonyl (C=O) groups is 2. The maximum atomic E-state index is 12.3. The second-order valence-corrected chi connectivity index (χ2v) is 6.99. The summed E-state index contributed by atoms with van der Waals surface area (Å²) in [4.78, 5) is 24.0. The first-order valence-electron chi connectivity index (χ1n) is 9.07. The minimum absolute atomic E-state index is 0.192. The lowest BCUT2D eigenvalue weighted by Gasteiger charge is -2.29. The molecule has 0 amide bonds. The molecule has 1 aliphatic carbocycles. The fourth-order valence-electron chi connectivity index (χ4n) is 3.73. The lowest BCUT2D eigenvalue weighted by molar-refractivity contribution is -0.142. The zero-order valence-electron chi connectivity index (χ0n) is 15.8. The highest BCUT2D eigenvalue weighted by molar-refractivity contribution is 6.03. The summed E-state index contributed by atoms with van der Waals surface area (Å²) < 4.78 is 10.6. The lowest BCUT2D eigenvalue weighted by Crippen LogP contribution is -2.17. The van der Waals surface area contributed by atoms with Crippen LogP contribution in [0.3, 0.4) is 0 Å². The van der Waals surface area contributed by atoms with Crippen molar-refractivity contribution in [2.75, 3.05) is 7.11 Å². The first-order valence-corrected chi connectivity index (χ1v) is 9.07. The van der Waals surface area contributed by atoms with Gasteiger partial charge in [0.05, 0.1) is 13.5 Å². The Morgan fingerprint density at radius 1 is 1.00 bits per heavy atom. The molecule has 0 N–H and O–H groups in total. The molecule has 0 saturated heterocycles. The minimum atomic E-state index is -0.523. The molecule has 0 bridgehead atoms. The van der Waals surface area contributed by atoms with Crippen molar-refractivity contribution in [3.63, 3.8) is 0 Å².